The maximum atomic E-state index is 12.3. The molecule has 2 atom stereocenters. The number of aliphatic hydroxyl groups is 1. The first-order valence-corrected chi connectivity index (χ1v) is 8.20. The Morgan fingerprint density at radius 2 is 2.09 bits per heavy atom. The number of nitrogens with zero attached hydrogens (tertiary/aromatic N) is 2. The fourth-order valence-corrected chi connectivity index (χ4v) is 3.27. The Kier molecular flexibility index (Phi) is 10.1. The molecule has 1 aliphatic rings. The van der Waals surface area contributed by atoms with Crippen LogP contribution in [-0.2, 0) is 0 Å². The number of halogens is 4. The van der Waals surface area contributed by atoms with Gasteiger partial charge in [0.15, 0.2) is 12.1 Å². The van der Waals surface area contributed by atoms with Crippen LogP contribution in [0.4, 0.5) is 13.2 Å². The summed E-state index contributed by atoms with van der Waals surface area (Å²) in [7, 11) is 0. The van der Waals surface area contributed by atoms with Gasteiger partial charge >= 0.3 is 6.18 Å². The van der Waals surface area contributed by atoms with E-state index in [9.17, 15) is 13.2 Å². The highest BCUT2D eigenvalue weighted by Gasteiger charge is 2.38. The van der Waals surface area contributed by atoms with Crippen molar-refractivity contribution < 1.29 is 18.3 Å². The molecule has 0 aliphatic carbocycles. The van der Waals surface area contributed by atoms with Gasteiger partial charge in [-0.05, 0) is 12.8 Å². The fourth-order valence-electron chi connectivity index (χ4n) is 1.97. The summed E-state index contributed by atoms with van der Waals surface area (Å²) in [6.45, 7) is 7.57. The smallest absolute Gasteiger partial charge is 0.382 e. The van der Waals surface area contributed by atoms with Crippen LogP contribution in [0, 0.1) is 5.92 Å². The predicted molar refractivity (Wildman–Crippen MR) is 96.1 cm³/mol. The number of thioether (sulfide) groups is 1. The molecule has 1 rings (SSSR count). The third-order valence-electron chi connectivity index (χ3n) is 3.26. The molecule has 132 valence electrons. The van der Waals surface area contributed by atoms with E-state index < -0.39 is 18.8 Å². The summed E-state index contributed by atoms with van der Waals surface area (Å²) in [4.78, 5) is 5.93. The molecule has 1 fully saturated rings. The fraction of sp³-hybridized carbons (Fsp3) is 0.923. The van der Waals surface area contributed by atoms with Crippen molar-refractivity contribution in [2.75, 3.05) is 31.9 Å². The van der Waals surface area contributed by atoms with Gasteiger partial charge in [0.2, 0.25) is 0 Å². The lowest BCUT2D eigenvalue weighted by molar-refractivity contribution is -0.199. The van der Waals surface area contributed by atoms with E-state index in [1.54, 1.807) is 0 Å². The van der Waals surface area contributed by atoms with Gasteiger partial charge in [0.25, 0.3) is 0 Å². The lowest BCUT2D eigenvalue weighted by Crippen LogP contribution is -2.49. The van der Waals surface area contributed by atoms with Crippen molar-refractivity contribution in [3.05, 3.63) is 0 Å². The quantitative estimate of drug-likeness (QED) is 0.389. The number of aliphatic imine (C=N–C) groups is 1. The highest BCUT2D eigenvalue weighted by Crippen LogP contribution is 2.25. The first kappa shape index (κ1) is 22.1. The van der Waals surface area contributed by atoms with Gasteiger partial charge in [0.05, 0.1) is 6.54 Å². The first-order valence-electron chi connectivity index (χ1n) is 7.15. The van der Waals surface area contributed by atoms with E-state index in [0.29, 0.717) is 23.7 Å². The van der Waals surface area contributed by atoms with E-state index in [0.717, 1.165) is 18.8 Å². The number of nitrogens with one attached hydrogen (secondary N) is 1. The topological polar surface area (TPSA) is 47.9 Å². The molecule has 2 unspecified atom stereocenters. The number of hydrogen-bond donors (Lipinski definition) is 2. The minimum Gasteiger partial charge on any atom is -0.382 e. The van der Waals surface area contributed by atoms with Crippen molar-refractivity contribution in [3.8, 4) is 0 Å². The zero-order chi connectivity index (χ0) is 16.0. The maximum absolute atomic E-state index is 12.3. The molecule has 0 spiro atoms. The van der Waals surface area contributed by atoms with Gasteiger partial charge in [-0.1, -0.05) is 13.8 Å². The molecule has 9 heteroatoms. The van der Waals surface area contributed by atoms with Gasteiger partial charge in [-0.3, -0.25) is 4.99 Å². The Morgan fingerprint density at radius 1 is 1.45 bits per heavy atom. The Labute approximate surface area is 151 Å². The summed E-state index contributed by atoms with van der Waals surface area (Å²) in [6, 6.07) is 0. The van der Waals surface area contributed by atoms with E-state index in [1.165, 1.54) is 0 Å². The van der Waals surface area contributed by atoms with Crippen LogP contribution in [0.25, 0.3) is 0 Å². The normalized spacial score (nSPS) is 21.5. The highest BCUT2D eigenvalue weighted by atomic mass is 127. The van der Waals surface area contributed by atoms with Crippen LogP contribution in [0.3, 0.4) is 0 Å². The molecule has 1 heterocycles. The van der Waals surface area contributed by atoms with Crippen molar-refractivity contribution in [2.45, 2.75) is 38.3 Å². The summed E-state index contributed by atoms with van der Waals surface area (Å²) < 4.78 is 37.0. The summed E-state index contributed by atoms with van der Waals surface area (Å²) in [5.41, 5.74) is 0. The molecule has 1 saturated heterocycles. The van der Waals surface area contributed by atoms with E-state index >= 15 is 0 Å². The van der Waals surface area contributed by atoms with Gasteiger partial charge in [-0.2, -0.15) is 24.9 Å². The van der Waals surface area contributed by atoms with Crippen molar-refractivity contribution in [1.29, 1.82) is 0 Å². The number of aliphatic hydroxyl groups excluding tert-OH is 1. The molecule has 0 bridgehead atoms. The van der Waals surface area contributed by atoms with Crippen LogP contribution in [0.5, 0.6) is 0 Å². The van der Waals surface area contributed by atoms with Crippen LogP contribution >= 0.6 is 35.7 Å². The van der Waals surface area contributed by atoms with Crippen LogP contribution in [-0.4, -0.2) is 65.4 Å². The molecule has 1 aliphatic heterocycles. The monoisotopic (exact) mass is 455 g/mol. The van der Waals surface area contributed by atoms with Crippen LogP contribution in [0.15, 0.2) is 4.99 Å². The second-order valence-corrected chi connectivity index (χ2v) is 6.70. The van der Waals surface area contributed by atoms with Crippen molar-refractivity contribution >= 4 is 41.7 Å². The average Bonchev–Trinajstić information content (AvgIpc) is 2.42. The standard InChI is InChI=1S/C13H24F3N3OS.HI/c1-4-17-12(18-7-11(20)13(14,15)16)19-5-6-21-10(8-19)9(2)3;/h9-11,20H,4-8H2,1-3H3,(H,17,18);1H. The molecular weight excluding hydrogens is 430 g/mol. The van der Waals surface area contributed by atoms with E-state index in [4.69, 9.17) is 5.11 Å². The van der Waals surface area contributed by atoms with Gasteiger partial charge in [0, 0.05) is 30.6 Å². The predicted octanol–water partition coefficient (Wildman–Crippen LogP) is 2.57. The summed E-state index contributed by atoms with van der Waals surface area (Å²) in [6.07, 6.45) is -7.04. The summed E-state index contributed by atoms with van der Waals surface area (Å²) in [5.74, 6) is 1.88. The minimum absolute atomic E-state index is 0. The number of rotatable bonds is 4. The number of hydrogen-bond acceptors (Lipinski definition) is 3. The van der Waals surface area contributed by atoms with Crippen molar-refractivity contribution in [3.63, 3.8) is 0 Å². The van der Waals surface area contributed by atoms with Gasteiger partial charge in [-0.15, -0.1) is 24.0 Å². The first-order chi connectivity index (χ1) is 9.75. The zero-order valence-corrected chi connectivity index (χ0v) is 16.2. The Bertz CT molecular complexity index is 356. The lowest BCUT2D eigenvalue weighted by Gasteiger charge is -2.36. The molecule has 22 heavy (non-hydrogen) atoms. The molecule has 0 radical (unpaired) electrons. The van der Waals surface area contributed by atoms with Gasteiger partial charge in [0.1, 0.15) is 0 Å². The molecule has 2 N–H and O–H groups in total. The molecule has 0 aromatic heterocycles. The lowest BCUT2D eigenvalue weighted by atomic mass is 10.1. The van der Waals surface area contributed by atoms with Gasteiger partial charge in [-0.25, -0.2) is 0 Å². The highest BCUT2D eigenvalue weighted by molar-refractivity contribution is 14.0. The number of guanidine groups is 1. The molecule has 0 amide bonds. The SMILES string of the molecule is CCNC(=NCC(O)C(F)(F)F)N1CCSC(C(C)C)C1.I. The van der Waals surface area contributed by atoms with Crippen LogP contribution in [0.2, 0.25) is 0 Å². The summed E-state index contributed by atoms with van der Waals surface area (Å²) >= 11 is 1.89. The second-order valence-electron chi connectivity index (χ2n) is 5.35. The van der Waals surface area contributed by atoms with Crippen molar-refractivity contribution in [2.24, 2.45) is 10.9 Å². The number of alkyl halides is 3. The van der Waals surface area contributed by atoms with E-state index in [-0.39, 0.29) is 24.0 Å². The molecular formula is C13H25F3IN3OS. The van der Waals surface area contributed by atoms with E-state index in [2.05, 4.69) is 24.2 Å². The van der Waals surface area contributed by atoms with Gasteiger partial charge < -0.3 is 15.3 Å². The second kappa shape index (κ2) is 10.1. The third kappa shape index (κ3) is 7.12. The Hall–Kier alpha value is 0.1000. The minimum atomic E-state index is -4.63. The maximum Gasteiger partial charge on any atom is 0.416 e. The largest absolute Gasteiger partial charge is 0.416 e. The average molecular weight is 455 g/mol. The zero-order valence-electron chi connectivity index (χ0n) is 13.1. The summed E-state index contributed by atoms with van der Waals surface area (Å²) in [5, 5.41) is 12.5. The van der Waals surface area contributed by atoms with E-state index in [1.807, 2.05) is 23.6 Å². The molecule has 0 saturated carbocycles. The van der Waals surface area contributed by atoms with Crippen LogP contribution in [0.1, 0.15) is 20.8 Å². The van der Waals surface area contributed by atoms with Crippen molar-refractivity contribution in [1.82, 2.24) is 10.2 Å². The van der Waals surface area contributed by atoms with Crippen LogP contribution < -0.4 is 5.32 Å². The molecule has 0 aromatic carbocycles. The molecule has 0 aromatic rings. The third-order valence-corrected chi connectivity index (χ3v) is 4.80. The Balaban J connectivity index is 0.00000441. The Morgan fingerprint density at radius 3 is 2.59 bits per heavy atom. The molecule has 4 nitrogen and oxygen atoms in total.